The molecule has 0 aliphatic heterocycles. The molecule has 4 rings (SSSR count). The zero-order chi connectivity index (χ0) is 26.4. The Morgan fingerprint density at radius 1 is 1.14 bits per heavy atom. The number of amides is 2. The van der Waals surface area contributed by atoms with Crippen LogP contribution in [0, 0.1) is 17.0 Å². The van der Waals surface area contributed by atoms with E-state index in [0.717, 1.165) is 31.0 Å². The van der Waals surface area contributed by atoms with Crippen molar-refractivity contribution in [3.63, 3.8) is 0 Å². The lowest BCUT2D eigenvalue weighted by molar-refractivity contribution is -0.384. The number of anilines is 1. The van der Waals surface area contributed by atoms with E-state index in [1.807, 2.05) is 0 Å². The van der Waals surface area contributed by atoms with Gasteiger partial charge in [-0.3, -0.25) is 19.7 Å². The van der Waals surface area contributed by atoms with Gasteiger partial charge in [0.15, 0.2) is 5.69 Å². The molecule has 1 fully saturated rings. The number of nitrogens with one attached hydrogen (secondary N) is 2. The molecule has 1 heterocycles. The molecule has 0 atom stereocenters. The highest BCUT2D eigenvalue weighted by Crippen LogP contribution is 2.33. The summed E-state index contributed by atoms with van der Waals surface area (Å²) in [5.74, 6) is -1.53. The third-order valence-corrected chi connectivity index (χ3v) is 5.82. The molecule has 188 valence electrons. The van der Waals surface area contributed by atoms with Crippen molar-refractivity contribution in [2.45, 2.75) is 32.0 Å². The van der Waals surface area contributed by atoms with Crippen LogP contribution in [0.2, 0.25) is 10.0 Å². The monoisotopic (exact) mass is 541 g/mol. The molecule has 0 unspecified atom stereocenters. The number of hydrogen-bond donors (Lipinski definition) is 2. The second-order valence-electron chi connectivity index (χ2n) is 8.06. The van der Waals surface area contributed by atoms with Crippen LogP contribution in [0.4, 0.5) is 24.5 Å². The predicted molar refractivity (Wildman–Crippen MR) is 125 cm³/mol. The summed E-state index contributed by atoms with van der Waals surface area (Å²) in [7, 11) is 0. The second-order valence-corrected chi connectivity index (χ2v) is 8.91. The lowest BCUT2D eigenvalue weighted by atomic mass is 10.1. The molecular weight excluding hydrogens is 526 g/mol. The number of benzene rings is 2. The van der Waals surface area contributed by atoms with Crippen LogP contribution < -0.4 is 10.6 Å². The molecule has 1 aliphatic rings. The number of rotatable bonds is 6. The number of aromatic nitrogens is 2. The number of carbonyl (C=O) groups is 2. The maximum absolute atomic E-state index is 13.5. The minimum atomic E-state index is -4.90. The van der Waals surface area contributed by atoms with Crippen LogP contribution in [-0.2, 0) is 6.18 Å². The van der Waals surface area contributed by atoms with Crippen LogP contribution in [0.15, 0.2) is 36.4 Å². The quantitative estimate of drug-likeness (QED) is 0.312. The summed E-state index contributed by atoms with van der Waals surface area (Å²) < 4.78 is 41.0. The number of nitro benzene ring substituents is 1. The van der Waals surface area contributed by atoms with Crippen molar-refractivity contribution in [2.75, 3.05) is 5.32 Å². The molecule has 2 N–H and O–H groups in total. The molecule has 0 spiro atoms. The van der Waals surface area contributed by atoms with Crippen molar-refractivity contribution < 1.29 is 27.7 Å². The fourth-order valence-electron chi connectivity index (χ4n) is 3.40. The molecular formula is C22H16Cl2F3N5O4. The molecule has 36 heavy (non-hydrogen) atoms. The standard InChI is InChI=1S/C22H16Cl2F3N5O4/c1-10-6-11(23)7-14(20(33)28-12-2-3-12)19(10)29-21(34)17-9-18(22(25,26)27)30-31(17)16-5-4-13(32(35)36)8-15(16)24/h4-9,12H,2-3H2,1H3,(H,28,33)(H,29,34). The normalized spacial score (nSPS) is 13.4. The van der Waals surface area contributed by atoms with E-state index in [2.05, 4.69) is 15.7 Å². The van der Waals surface area contributed by atoms with Crippen molar-refractivity contribution >= 4 is 46.4 Å². The van der Waals surface area contributed by atoms with Crippen molar-refractivity contribution in [2.24, 2.45) is 0 Å². The number of nitrogens with zero attached hydrogens (tertiary/aromatic N) is 3. The van der Waals surface area contributed by atoms with Crippen LogP contribution in [0.5, 0.6) is 0 Å². The zero-order valence-electron chi connectivity index (χ0n) is 18.3. The van der Waals surface area contributed by atoms with Gasteiger partial charge in [0.25, 0.3) is 17.5 Å². The molecule has 1 aromatic heterocycles. The first-order chi connectivity index (χ1) is 16.8. The smallest absolute Gasteiger partial charge is 0.349 e. The first-order valence-electron chi connectivity index (χ1n) is 10.4. The third-order valence-electron chi connectivity index (χ3n) is 5.30. The van der Waals surface area contributed by atoms with Crippen molar-refractivity contribution in [3.05, 3.63) is 79.1 Å². The maximum atomic E-state index is 13.5. The Morgan fingerprint density at radius 3 is 2.42 bits per heavy atom. The van der Waals surface area contributed by atoms with E-state index in [0.29, 0.717) is 16.3 Å². The lowest BCUT2D eigenvalue weighted by Crippen LogP contribution is -2.27. The highest BCUT2D eigenvalue weighted by molar-refractivity contribution is 6.32. The van der Waals surface area contributed by atoms with Crippen LogP contribution in [0.25, 0.3) is 5.69 Å². The molecule has 1 aliphatic carbocycles. The topological polar surface area (TPSA) is 119 Å². The van der Waals surface area contributed by atoms with E-state index in [9.17, 15) is 32.9 Å². The molecule has 1 saturated carbocycles. The summed E-state index contributed by atoms with van der Waals surface area (Å²) in [6.45, 7) is 1.57. The summed E-state index contributed by atoms with van der Waals surface area (Å²) in [5, 5.41) is 19.6. The predicted octanol–water partition coefficient (Wildman–Crippen LogP) is 5.56. The number of carbonyl (C=O) groups excluding carboxylic acids is 2. The van der Waals surface area contributed by atoms with Crippen LogP contribution >= 0.6 is 23.2 Å². The summed E-state index contributed by atoms with van der Waals surface area (Å²) in [4.78, 5) is 36.2. The summed E-state index contributed by atoms with van der Waals surface area (Å²) in [6, 6.07) is 6.36. The van der Waals surface area contributed by atoms with Gasteiger partial charge >= 0.3 is 6.18 Å². The SMILES string of the molecule is Cc1cc(Cl)cc(C(=O)NC2CC2)c1NC(=O)c1cc(C(F)(F)F)nn1-c1ccc([N+](=O)[O-])cc1Cl. The maximum Gasteiger partial charge on any atom is 0.435 e. The Balaban J connectivity index is 1.77. The minimum absolute atomic E-state index is 0.000365. The van der Waals surface area contributed by atoms with Gasteiger partial charge in [0.1, 0.15) is 5.69 Å². The number of halogens is 5. The molecule has 0 radical (unpaired) electrons. The number of nitro groups is 1. The van der Waals surface area contributed by atoms with E-state index in [4.69, 9.17) is 23.2 Å². The van der Waals surface area contributed by atoms with E-state index >= 15 is 0 Å². The van der Waals surface area contributed by atoms with Gasteiger partial charge in [-0.15, -0.1) is 0 Å². The van der Waals surface area contributed by atoms with E-state index in [1.165, 1.54) is 12.1 Å². The highest BCUT2D eigenvalue weighted by Gasteiger charge is 2.37. The molecule has 0 bridgehead atoms. The Bertz CT molecular complexity index is 1400. The number of alkyl halides is 3. The van der Waals surface area contributed by atoms with E-state index in [1.54, 1.807) is 6.92 Å². The molecule has 2 aromatic carbocycles. The van der Waals surface area contributed by atoms with E-state index in [-0.39, 0.29) is 33.0 Å². The molecule has 9 nitrogen and oxygen atoms in total. The molecule has 0 saturated heterocycles. The summed E-state index contributed by atoms with van der Waals surface area (Å²) in [5.41, 5.74) is -2.06. The highest BCUT2D eigenvalue weighted by atomic mass is 35.5. The average molecular weight is 542 g/mol. The van der Waals surface area contributed by atoms with Gasteiger partial charge in [-0.2, -0.15) is 18.3 Å². The number of aryl methyl sites for hydroxylation is 1. The lowest BCUT2D eigenvalue weighted by Gasteiger charge is -2.15. The minimum Gasteiger partial charge on any atom is -0.349 e. The number of non-ortho nitro benzene ring substituents is 1. The fraction of sp³-hybridized carbons (Fsp3) is 0.227. The molecule has 14 heteroatoms. The average Bonchev–Trinajstić information content (AvgIpc) is 3.47. The fourth-order valence-corrected chi connectivity index (χ4v) is 3.93. The third kappa shape index (κ3) is 5.29. The van der Waals surface area contributed by atoms with Gasteiger partial charge in [0.2, 0.25) is 0 Å². The Hall–Kier alpha value is -3.64. The molecule has 3 aromatic rings. The van der Waals surface area contributed by atoms with Gasteiger partial charge in [-0.1, -0.05) is 23.2 Å². The van der Waals surface area contributed by atoms with Crippen LogP contribution in [0.3, 0.4) is 0 Å². The van der Waals surface area contributed by atoms with Crippen molar-refractivity contribution in [1.29, 1.82) is 0 Å². The summed E-state index contributed by atoms with van der Waals surface area (Å²) in [6.07, 6.45) is -3.29. The van der Waals surface area contributed by atoms with Gasteiger partial charge in [0, 0.05) is 29.3 Å². The number of hydrogen-bond acceptors (Lipinski definition) is 5. The van der Waals surface area contributed by atoms with E-state index < -0.39 is 40.0 Å². The van der Waals surface area contributed by atoms with Crippen molar-refractivity contribution in [1.82, 2.24) is 15.1 Å². The van der Waals surface area contributed by atoms with Gasteiger partial charge in [-0.25, -0.2) is 4.68 Å². The van der Waals surface area contributed by atoms with Crippen LogP contribution in [-0.4, -0.2) is 32.6 Å². The van der Waals surface area contributed by atoms with Crippen molar-refractivity contribution in [3.8, 4) is 5.69 Å². The van der Waals surface area contributed by atoms with Gasteiger partial charge < -0.3 is 10.6 Å². The largest absolute Gasteiger partial charge is 0.435 e. The first kappa shape index (κ1) is 25.5. The summed E-state index contributed by atoms with van der Waals surface area (Å²) >= 11 is 12.2. The first-order valence-corrected chi connectivity index (χ1v) is 11.1. The Morgan fingerprint density at radius 2 is 1.83 bits per heavy atom. The van der Waals surface area contributed by atoms with Gasteiger partial charge in [0.05, 0.1) is 26.9 Å². The molecule has 2 amide bonds. The van der Waals surface area contributed by atoms with Gasteiger partial charge in [-0.05, 0) is 43.5 Å². The second kappa shape index (κ2) is 9.43. The zero-order valence-corrected chi connectivity index (χ0v) is 19.8. The van der Waals surface area contributed by atoms with Crippen LogP contribution in [0.1, 0.15) is 44.9 Å². The Kier molecular flexibility index (Phi) is 6.67. The Labute approximate surface area is 211 Å².